The molecule has 1 amide bonds. The van der Waals surface area contributed by atoms with Gasteiger partial charge >= 0.3 is 0 Å². The molecule has 0 atom stereocenters. The van der Waals surface area contributed by atoms with Crippen LogP contribution in [0.25, 0.3) is 16.6 Å². The lowest BCUT2D eigenvalue weighted by Crippen LogP contribution is -2.33. The molecule has 9 nitrogen and oxygen atoms in total. The summed E-state index contributed by atoms with van der Waals surface area (Å²) in [7, 11) is 3.00. The fourth-order valence-electron chi connectivity index (χ4n) is 5.26. The summed E-state index contributed by atoms with van der Waals surface area (Å²) in [6.07, 6.45) is 2.70. The van der Waals surface area contributed by atoms with Crippen LogP contribution in [0, 0.1) is 11.6 Å². The van der Waals surface area contributed by atoms with E-state index >= 15 is 4.39 Å². The number of carbonyl (C=O) groups excluding carboxylic acids is 2. The minimum absolute atomic E-state index is 0.0478. The number of hydrogen-bond donors (Lipinski definition) is 1. The van der Waals surface area contributed by atoms with Gasteiger partial charge in [-0.05, 0) is 61.4 Å². The lowest BCUT2D eigenvalue weighted by atomic mass is 9.92. The summed E-state index contributed by atoms with van der Waals surface area (Å²) >= 11 is 0. The van der Waals surface area contributed by atoms with Crippen molar-refractivity contribution >= 4 is 28.3 Å². The number of methoxy groups -OCH3 is 2. The molecule has 3 aromatic carbocycles. The Labute approximate surface area is 249 Å². The molecule has 1 aliphatic carbocycles. The summed E-state index contributed by atoms with van der Waals surface area (Å²) in [6.45, 7) is 0. The minimum atomic E-state index is -0.851. The third-order valence-corrected chi connectivity index (χ3v) is 7.35. The highest BCUT2D eigenvalue weighted by Gasteiger charge is 2.26. The van der Waals surface area contributed by atoms with Crippen molar-refractivity contribution in [1.82, 2.24) is 9.55 Å². The fraction of sp³-hybridized carbons (Fsp3) is 0.152. The number of benzene rings is 3. The van der Waals surface area contributed by atoms with Gasteiger partial charge in [-0.25, -0.2) is 8.78 Å². The Kier molecular flexibility index (Phi) is 7.52. The van der Waals surface area contributed by atoms with E-state index in [4.69, 9.17) is 14.2 Å². The molecule has 6 rings (SSSR count). The number of nitrogens with zero attached hydrogens (tertiary/aromatic N) is 2. The molecule has 1 aliphatic rings. The van der Waals surface area contributed by atoms with Gasteiger partial charge in [0.2, 0.25) is 0 Å². The van der Waals surface area contributed by atoms with Gasteiger partial charge in [-0.2, -0.15) is 0 Å². The fourth-order valence-corrected chi connectivity index (χ4v) is 5.26. The zero-order valence-corrected chi connectivity index (χ0v) is 23.6. The average molecular weight is 598 g/mol. The number of ketones is 1. The Morgan fingerprint density at radius 3 is 2.43 bits per heavy atom. The van der Waals surface area contributed by atoms with Gasteiger partial charge in [0.25, 0.3) is 11.5 Å². The molecule has 11 heteroatoms. The summed E-state index contributed by atoms with van der Waals surface area (Å²) < 4.78 is 47.1. The summed E-state index contributed by atoms with van der Waals surface area (Å²) in [5.41, 5.74) is 0.362. The van der Waals surface area contributed by atoms with Crippen molar-refractivity contribution in [2.75, 3.05) is 19.5 Å². The zero-order chi connectivity index (χ0) is 31.0. The van der Waals surface area contributed by atoms with E-state index in [1.165, 1.54) is 61.4 Å². The topological polar surface area (TPSA) is 109 Å². The van der Waals surface area contributed by atoms with Crippen molar-refractivity contribution in [3.05, 3.63) is 112 Å². The number of halogens is 2. The Hall–Kier alpha value is -5.58. The second kappa shape index (κ2) is 11.6. The van der Waals surface area contributed by atoms with Crippen LogP contribution in [0.15, 0.2) is 77.7 Å². The monoisotopic (exact) mass is 597 g/mol. The maximum Gasteiger partial charge on any atom is 0.268 e. The third-order valence-electron chi connectivity index (χ3n) is 7.35. The Bertz CT molecular complexity index is 2020. The van der Waals surface area contributed by atoms with Crippen LogP contribution in [0.2, 0.25) is 0 Å². The molecular formula is C33H25F2N3O6. The van der Waals surface area contributed by atoms with E-state index in [0.29, 0.717) is 46.7 Å². The molecule has 0 unspecified atom stereocenters. The van der Waals surface area contributed by atoms with E-state index in [1.54, 1.807) is 18.2 Å². The second-order valence-corrected chi connectivity index (χ2v) is 10.1. The summed E-state index contributed by atoms with van der Waals surface area (Å²) in [5.74, 6) is -1.34. The molecular weight excluding hydrogens is 572 g/mol. The number of hydrogen-bond acceptors (Lipinski definition) is 7. The van der Waals surface area contributed by atoms with Crippen molar-refractivity contribution < 1.29 is 32.6 Å². The van der Waals surface area contributed by atoms with Crippen LogP contribution in [-0.4, -0.2) is 35.5 Å². The van der Waals surface area contributed by atoms with Gasteiger partial charge in [0.1, 0.15) is 17.1 Å². The quantitative estimate of drug-likeness (QED) is 0.236. The predicted octanol–water partition coefficient (Wildman–Crippen LogP) is 6.24. The van der Waals surface area contributed by atoms with Crippen LogP contribution in [0.5, 0.6) is 23.0 Å². The van der Waals surface area contributed by atoms with E-state index in [1.807, 2.05) is 0 Å². The largest absolute Gasteiger partial charge is 0.493 e. The minimum Gasteiger partial charge on any atom is -0.493 e. The van der Waals surface area contributed by atoms with Gasteiger partial charge in [-0.15, -0.1) is 0 Å². The molecule has 0 radical (unpaired) electrons. The van der Waals surface area contributed by atoms with E-state index in [0.717, 1.165) is 12.1 Å². The van der Waals surface area contributed by atoms with Crippen molar-refractivity contribution in [2.24, 2.45) is 0 Å². The highest BCUT2D eigenvalue weighted by atomic mass is 19.1. The van der Waals surface area contributed by atoms with Crippen molar-refractivity contribution in [1.29, 1.82) is 0 Å². The van der Waals surface area contributed by atoms with E-state index in [9.17, 15) is 18.8 Å². The second-order valence-electron chi connectivity index (χ2n) is 10.1. The first-order chi connectivity index (χ1) is 21.3. The lowest BCUT2D eigenvalue weighted by molar-refractivity contribution is 0.0971. The molecule has 0 spiro atoms. The number of carbonyl (C=O) groups is 2. The predicted molar refractivity (Wildman–Crippen MR) is 159 cm³/mol. The van der Waals surface area contributed by atoms with Gasteiger partial charge in [0.05, 0.1) is 25.4 Å². The van der Waals surface area contributed by atoms with Crippen LogP contribution in [0.4, 0.5) is 14.5 Å². The smallest absolute Gasteiger partial charge is 0.268 e. The van der Waals surface area contributed by atoms with Crippen LogP contribution >= 0.6 is 0 Å². The van der Waals surface area contributed by atoms with Crippen molar-refractivity contribution in [3.8, 4) is 28.7 Å². The molecule has 0 fully saturated rings. The van der Waals surface area contributed by atoms with Gasteiger partial charge in [0.15, 0.2) is 28.8 Å². The number of pyridine rings is 2. The Morgan fingerprint density at radius 1 is 0.886 bits per heavy atom. The van der Waals surface area contributed by atoms with Gasteiger partial charge in [0, 0.05) is 47.1 Å². The van der Waals surface area contributed by atoms with E-state index in [-0.39, 0.29) is 40.5 Å². The van der Waals surface area contributed by atoms with Crippen LogP contribution < -0.4 is 25.1 Å². The number of fused-ring (bicyclic) bond motifs is 2. The highest BCUT2D eigenvalue weighted by molar-refractivity contribution is 6.07. The Morgan fingerprint density at radius 2 is 1.68 bits per heavy atom. The van der Waals surface area contributed by atoms with Crippen LogP contribution in [0.3, 0.4) is 0 Å². The molecule has 222 valence electrons. The normalized spacial score (nSPS) is 12.5. The number of aromatic nitrogens is 2. The third kappa shape index (κ3) is 5.24. The van der Waals surface area contributed by atoms with E-state index in [2.05, 4.69) is 10.3 Å². The molecule has 2 heterocycles. The molecule has 5 aromatic rings. The van der Waals surface area contributed by atoms with E-state index < -0.39 is 23.1 Å². The number of ether oxygens (including phenoxy) is 3. The number of amides is 1. The number of Topliss-reactive ketones (excluding diaryl/α,β-unsaturated/α-hetero) is 1. The number of rotatable bonds is 7. The maximum atomic E-state index is 15.2. The van der Waals surface area contributed by atoms with Crippen molar-refractivity contribution in [3.63, 3.8) is 0 Å². The average Bonchev–Trinajstić information content (AvgIpc) is 3.01. The van der Waals surface area contributed by atoms with Crippen molar-refractivity contribution in [2.45, 2.75) is 19.3 Å². The number of anilines is 1. The molecule has 0 saturated heterocycles. The molecule has 0 bridgehead atoms. The zero-order valence-electron chi connectivity index (χ0n) is 23.6. The summed E-state index contributed by atoms with van der Waals surface area (Å²) in [4.78, 5) is 44.0. The SMILES string of the molecule is COc1cc2nccc(Oc3ccc(NC(=O)c4cc5c(n(-c6cccc(F)c6)c4=O)CCCC5=O)cc3F)c2cc1OC. The van der Waals surface area contributed by atoms with Gasteiger partial charge in [-0.3, -0.25) is 23.9 Å². The first kappa shape index (κ1) is 28.5. The first-order valence-electron chi connectivity index (χ1n) is 13.6. The van der Waals surface area contributed by atoms with Crippen LogP contribution in [0.1, 0.15) is 39.3 Å². The summed E-state index contributed by atoms with van der Waals surface area (Å²) in [5, 5.41) is 3.08. The van der Waals surface area contributed by atoms with Gasteiger partial charge < -0.3 is 19.5 Å². The summed E-state index contributed by atoms with van der Waals surface area (Å²) in [6, 6.07) is 15.3. The number of nitrogens with one attached hydrogen (secondary N) is 1. The molecule has 44 heavy (non-hydrogen) atoms. The molecule has 2 aromatic heterocycles. The standard InChI is InChI=1S/C33H25F2N3O6/c1-42-30-16-21-25(17-31(30)43-2)36-12-11-28(21)44-29-10-9-19(14-24(29)35)37-32(40)23-15-22-26(7-4-8-27(22)39)38(33(23)41)20-6-3-5-18(34)13-20/h3,5-6,9-17H,4,7-8H2,1-2H3,(H,37,40). The lowest BCUT2D eigenvalue weighted by Gasteiger charge is -2.21. The Balaban J connectivity index is 1.31. The molecule has 0 saturated carbocycles. The highest BCUT2D eigenvalue weighted by Crippen LogP contribution is 2.37. The first-order valence-corrected chi connectivity index (χ1v) is 13.6. The maximum absolute atomic E-state index is 15.2. The van der Waals surface area contributed by atoms with Crippen LogP contribution in [-0.2, 0) is 6.42 Å². The van der Waals surface area contributed by atoms with Gasteiger partial charge in [-0.1, -0.05) is 6.07 Å². The molecule has 1 N–H and O–H groups in total. The molecule has 0 aliphatic heterocycles.